The number of benzene rings is 7. The second kappa shape index (κ2) is 14.8. The van der Waals surface area contributed by atoms with Gasteiger partial charge in [-0.15, -0.1) is 0 Å². The molecule has 70 heavy (non-hydrogen) atoms. The molecule has 0 fully saturated rings. The summed E-state index contributed by atoms with van der Waals surface area (Å²) in [6.45, 7) is 28.4. The molecule has 0 saturated heterocycles. The Morgan fingerprint density at radius 1 is 0.386 bits per heavy atom. The molecule has 0 unspecified atom stereocenters. The van der Waals surface area contributed by atoms with E-state index in [1.165, 1.54) is 160 Å². The van der Waals surface area contributed by atoms with E-state index in [0.717, 1.165) is 19.3 Å². The van der Waals surface area contributed by atoms with E-state index < -0.39 is 0 Å². The summed E-state index contributed by atoms with van der Waals surface area (Å²) in [5.41, 5.74) is 27.6. The Bertz CT molecular complexity index is 3650. The van der Waals surface area contributed by atoms with Gasteiger partial charge in [-0.3, -0.25) is 0 Å². The van der Waals surface area contributed by atoms with E-state index in [-0.39, 0.29) is 28.4 Å². The van der Waals surface area contributed by atoms with Crippen molar-refractivity contribution in [2.75, 3.05) is 9.80 Å². The highest BCUT2D eigenvalue weighted by molar-refractivity contribution is 7.01. The van der Waals surface area contributed by atoms with E-state index in [4.69, 9.17) is 0 Å². The minimum atomic E-state index is -0.0308. The molecule has 4 heterocycles. The average Bonchev–Trinajstić information content (AvgIpc) is 3.84. The summed E-state index contributed by atoms with van der Waals surface area (Å²) in [5, 5.41) is 5.44. The topological polar surface area (TPSA) is 10.9 Å². The number of aromatic nitrogens is 1. The van der Waals surface area contributed by atoms with Gasteiger partial charge in [-0.05, 0) is 195 Å². The third-order valence-electron chi connectivity index (χ3n) is 17.2. The number of nitrogens with zero attached hydrogens (tertiary/aromatic N) is 3. The van der Waals surface area contributed by atoms with Gasteiger partial charge >= 0.3 is 0 Å². The molecule has 9 aromatic rings. The van der Waals surface area contributed by atoms with Gasteiger partial charge in [0, 0.05) is 44.3 Å². The lowest BCUT2D eigenvalue weighted by molar-refractivity contribution is 0.590. The molecular weight excluding hydrogens is 846 g/mol. The molecule has 7 aromatic carbocycles. The average molecular weight is 916 g/mol. The van der Waals surface area contributed by atoms with Crippen LogP contribution in [-0.2, 0) is 47.3 Å². The molecule has 0 N–H and O–H groups in total. The molecule has 2 aliphatic heterocycles. The zero-order valence-corrected chi connectivity index (χ0v) is 44.0. The van der Waals surface area contributed by atoms with Crippen LogP contribution in [0.4, 0.5) is 34.1 Å². The first kappa shape index (κ1) is 44.0. The number of anilines is 6. The van der Waals surface area contributed by atoms with Crippen LogP contribution in [0.1, 0.15) is 153 Å². The quantitative estimate of drug-likeness (QED) is 0.160. The second-order valence-corrected chi connectivity index (χ2v) is 26.0. The maximum absolute atomic E-state index is 2.80. The molecule has 2 aliphatic carbocycles. The van der Waals surface area contributed by atoms with Gasteiger partial charge in [-0.2, -0.15) is 0 Å². The van der Waals surface area contributed by atoms with E-state index >= 15 is 0 Å². The Morgan fingerprint density at radius 3 is 1.39 bits per heavy atom. The summed E-state index contributed by atoms with van der Waals surface area (Å²) >= 11 is 0. The van der Waals surface area contributed by atoms with Gasteiger partial charge in [0.25, 0.3) is 6.71 Å². The Hall–Kier alpha value is -6.00. The molecule has 4 aliphatic rings. The lowest BCUT2D eigenvalue weighted by Gasteiger charge is -2.46. The van der Waals surface area contributed by atoms with Crippen LogP contribution in [-0.4, -0.2) is 11.1 Å². The Labute approximate surface area is 417 Å². The molecule has 0 spiro atoms. The molecule has 3 nitrogen and oxygen atoms in total. The van der Waals surface area contributed by atoms with Crippen molar-refractivity contribution < 1.29 is 0 Å². The first-order chi connectivity index (χ1) is 33.3. The van der Waals surface area contributed by atoms with Crippen LogP contribution in [0.3, 0.4) is 0 Å². The standard InChI is InChI=1S/C66H70BN3/c1-63(2,3)43-22-28-47(29-23-43)68-55-32-26-46(66(10,11)12)38-52(55)67-51-34-41-19-15-16-20-42(41)35-56(51)69(48-27-21-39-17-13-14-18-40(39)33-48)62-58-50-37-45(65(7,8)9)25-31-54(50)70-53-30-24-44(64(4,5)6)36-49(53)57(60(58)70)61(68)59(62)67/h21-38H,13-20H2,1-12H3. The largest absolute Gasteiger partial charge is 0.311 e. The zero-order chi connectivity index (χ0) is 48.6. The summed E-state index contributed by atoms with van der Waals surface area (Å²) < 4.78 is 2.67. The number of aryl methyl sites for hydroxylation is 4. The summed E-state index contributed by atoms with van der Waals surface area (Å²) in [5.74, 6) is 0. The van der Waals surface area contributed by atoms with Crippen LogP contribution < -0.4 is 26.2 Å². The third kappa shape index (κ3) is 6.39. The number of fused-ring (bicyclic) bond motifs is 14. The first-order valence-corrected chi connectivity index (χ1v) is 26.7. The molecule has 2 aromatic heterocycles. The normalized spacial score (nSPS) is 16.0. The van der Waals surface area contributed by atoms with Crippen molar-refractivity contribution in [1.29, 1.82) is 0 Å². The molecule has 0 amide bonds. The predicted molar refractivity (Wildman–Crippen MR) is 303 cm³/mol. The van der Waals surface area contributed by atoms with Crippen LogP contribution >= 0.6 is 0 Å². The minimum absolute atomic E-state index is 0.0169. The van der Waals surface area contributed by atoms with E-state index in [9.17, 15) is 0 Å². The fourth-order valence-corrected chi connectivity index (χ4v) is 13.3. The monoisotopic (exact) mass is 916 g/mol. The van der Waals surface area contributed by atoms with Crippen molar-refractivity contribution in [3.05, 3.63) is 154 Å². The lowest BCUT2D eigenvalue weighted by atomic mass is 9.33. The van der Waals surface area contributed by atoms with E-state index in [1.54, 1.807) is 5.56 Å². The van der Waals surface area contributed by atoms with Crippen LogP contribution in [0.5, 0.6) is 0 Å². The highest BCUT2D eigenvalue weighted by atomic mass is 15.2. The highest BCUT2D eigenvalue weighted by Gasteiger charge is 2.48. The summed E-state index contributed by atoms with van der Waals surface area (Å²) in [7, 11) is 0. The van der Waals surface area contributed by atoms with Crippen LogP contribution in [0, 0.1) is 0 Å². The first-order valence-electron chi connectivity index (χ1n) is 26.7. The number of hydrogen-bond donors (Lipinski definition) is 0. The highest BCUT2D eigenvalue weighted by Crippen LogP contribution is 2.56. The zero-order valence-electron chi connectivity index (χ0n) is 44.0. The molecule has 13 rings (SSSR count). The molecule has 0 bridgehead atoms. The van der Waals surface area contributed by atoms with Crippen molar-refractivity contribution in [2.45, 2.75) is 156 Å². The van der Waals surface area contributed by atoms with Crippen molar-refractivity contribution in [3.63, 3.8) is 0 Å². The fraction of sp³-hybridized carbons (Fsp3) is 0.364. The van der Waals surface area contributed by atoms with E-state index in [2.05, 4.69) is 206 Å². The van der Waals surface area contributed by atoms with Gasteiger partial charge in [0.05, 0.1) is 27.9 Å². The van der Waals surface area contributed by atoms with Gasteiger partial charge < -0.3 is 14.2 Å². The van der Waals surface area contributed by atoms with E-state index in [0.29, 0.717) is 0 Å². The Morgan fingerprint density at radius 2 is 0.829 bits per heavy atom. The SMILES string of the molecule is CC(C)(C)c1ccc(N2c3ccc(C(C)(C)C)cc3B3c4cc5c(cc4N(c4ccc6c(c4)CCCC6)c4c3c2c2c3cc(C(C)(C)C)ccc3n3c6ccc(C(C)(C)C)cc6c4c23)CCCC5)cc1. The number of rotatable bonds is 2. The molecule has 352 valence electrons. The molecule has 4 heteroatoms. The molecule has 0 saturated carbocycles. The van der Waals surface area contributed by atoms with Crippen LogP contribution in [0.25, 0.3) is 38.1 Å². The fourth-order valence-electron chi connectivity index (χ4n) is 13.3. The van der Waals surface area contributed by atoms with Crippen molar-refractivity contribution in [1.82, 2.24) is 4.40 Å². The minimum Gasteiger partial charge on any atom is -0.311 e. The predicted octanol–water partition coefficient (Wildman–Crippen LogP) is 15.9. The van der Waals surface area contributed by atoms with Crippen molar-refractivity contribution >= 4 is 95.3 Å². The maximum atomic E-state index is 2.80. The van der Waals surface area contributed by atoms with Gasteiger partial charge in [0.1, 0.15) is 0 Å². The summed E-state index contributed by atoms with van der Waals surface area (Å²) in [6, 6.07) is 45.0. The van der Waals surface area contributed by atoms with Crippen molar-refractivity contribution in [3.8, 4) is 0 Å². The molecule has 0 atom stereocenters. The van der Waals surface area contributed by atoms with Crippen LogP contribution in [0.15, 0.2) is 109 Å². The second-order valence-electron chi connectivity index (χ2n) is 26.0. The van der Waals surface area contributed by atoms with E-state index in [1.807, 2.05) is 0 Å². The smallest absolute Gasteiger partial charge is 0.252 e. The van der Waals surface area contributed by atoms with Gasteiger partial charge in [0.15, 0.2) is 0 Å². The Balaban J connectivity index is 1.29. The van der Waals surface area contributed by atoms with Gasteiger partial charge in [0.2, 0.25) is 0 Å². The summed E-state index contributed by atoms with van der Waals surface area (Å²) in [4.78, 5) is 5.51. The van der Waals surface area contributed by atoms with Gasteiger partial charge in [-0.25, -0.2) is 0 Å². The van der Waals surface area contributed by atoms with Crippen molar-refractivity contribution in [2.24, 2.45) is 0 Å². The third-order valence-corrected chi connectivity index (χ3v) is 17.2. The lowest BCUT2D eigenvalue weighted by Crippen LogP contribution is -2.61. The number of hydrogen-bond acceptors (Lipinski definition) is 2. The van der Waals surface area contributed by atoms with Crippen LogP contribution in [0.2, 0.25) is 0 Å². The summed E-state index contributed by atoms with van der Waals surface area (Å²) in [6.07, 6.45) is 9.63. The maximum Gasteiger partial charge on any atom is 0.252 e. The molecule has 0 radical (unpaired) electrons. The Kier molecular flexibility index (Phi) is 9.29. The van der Waals surface area contributed by atoms with Gasteiger partial charge in [-0.1, -0.05) is 132 Å². The molecular formula is C66H70BN3.